The third kappa shape index (κ3) is 4.25. The van der Waals surface area contributed by atoms with Crippen molar-refractivity contribution >= 4 is 43.7 Å². The molecule has 0 amide bonds. The van der Waals surface area contributed by atoms with E-state index in [1.165, 1.54) is 93.5 Å². The van der Waals surface area contributed by atoms with E-state index in [2.05, 4.69) is 182 Å². The second-order valence-electron chi connectivity index (χ2n) is 13.8. The second-order valence-corrected chi connectivity index (χ2v) is 13.8. The fraction of sp³-hybridized carbons (Fsp3) is 0.0200. The standard InChI is InChI=1S/C50H31N/c1-2-12-34-29-36(26-23-31(34)11-1)48-42-18-8-6-16-40(42)47(41-17-7-9-19-43(41)48)33-24-21-32(22-25-33)35-27-28-45-46(30-35)51-50-44-20-10-4-14-38(44)37-13-3-5-15-39(37)49(45)50/h1-30,49H. The van der Waals surface area contributed by atoms with E-state index >= 15 is 0 Å². The van der Waals surface area contributed by atoms with E-state index in [-0.39, 0.29) is 5.92 Å². The lowest BCUT2D eigenvalue weighted by molar-refractivity contribution is 1.10. The molecule has 1 heteroatoms. The zero-order valence-corrected chi connectivity index (χ0v) is 27.8. The molecule has 0 bridgehead atoms. The van der Waals surface area contributed by atoms with E-state index in [4.69, 9.17) is 4.99 Å². The molecule has 1 nitrogen and oxygen atoms in total. The first kappa shape index (κ1) is 28.3. The van der Waals surface area contributed by atoms with Crippen molar-refractivity contribution in [1.82, 2.24) is 0 Å². The number of fused-ring (bicyclic) bond motifs is 11. The maximum absolute atomic E-state index is 5.30. The molecule has 0 fully saturated rings. The Morgan fingerprint density at radius 3 is 1.59 bits per heavy atom. The van der Waals surface area contributed by atoms with Crippen molar-refractivity contribution in [3.05, 3.63) is 199 Å². The molecule has 0 saturated heterocycles. The minimum Gasteiger partial charge on any atom is -0.251 e. The highest BCUT2D eigenvalue weighted by molar-refractivity contribution is 6.22. The molecule has 2 aliphatic rings. The van der Waals surface area contributed by atoms with Crippen LogP contribution in [-0.4, -0.2) is 5.71 Å². The van der Waals surface area contributed by atoms with Crippen molar-refractivity contribution in [2.75, 3.05) is 0 Å². The second kappa shape index (κ2) is 11.0. The van der Waals surface area contributed by atoms with Gasteiger partial charge in [-0.3, -0.25) is 4.99 Å². The predicted octanol–water partition coefficient (Wildman–Crippen LogP) is 13.4. The molecule has 0 saturated carbocycles. The number of aliphatic imine (C=N–C) groups is 1. The van der Waals surface area contributed by atoms with Crippen molar-refractivity contribution < 1.29 is 0 Å². The number of hydrogen-bond acceptors (Lipinski definition) is 1. The largest absolute Gasteiger partial charge is 0.251 e. The first-order valence-corrected chi connectivity index (χ1v) is 17.7. The van der Waals surface area contributed by atoms with E-state index in [9.17, 15) is 0 Å². The minimum atomic E-state index is 0.168. The first-order chi connectivity index (χ1) is 25.3. The number of rotatable bonds is 3. The van der Waals surface area contributed by atoms with Gasteiger partial charge < -0.3 is 0 Å². The van der Waals surface area contributed by atoms with Crippen molar-refractivity contribution in [2.45, 2.75) is 5.92 Å². The van der Waals surface area contributed by atoms with Crippen LogP contribution in [-0.2, 0) is 0 Å². The summed E-state index contributed by atoms with van der Waals surface area (Å²) < 4.78 is 0. The van der Waals surface area contributed by atoms with E-state index in [1.807, 2.05) is 0 Å². The van der Waals surface area contributed by atoms with Crippen molar-refractivity contribution in [1.29, 1.82) is 0 Å². The van der Waals surface area contributed by atoms with Crippen LogP contribution < -0.4 is 0 Å². The summed E-state index contributed by atoms with van der Waals surface area (Å²) >= 11 is 0. The summed E-state index contributed by atoms with van der Waals surface area (Å²) in [6.45, 7) is 0. The molecule has 0 spiro atoms. The Morgan fingerprint density at radius 2 is 0.863 bits per heavy atom. The maximum Gasteiger partial charge on any atom is 0.0682 e. The molecule has 1 aliphatic carbocycles. The van der Waals surface area contributed by atoms with E-state index in [0.29, 0.717) is 0 Å². The summed E-state index contributed by atoms with van der Waals surface area (Å²) in [6.07, 6.45) is 0. The molecule has 1 atom stereocenters. The van der Waals surface area contributed by atoms with E-state index in [1.54, 1.807) is 0 Å². The van der Waals surface area contributed by atoms with Crippen molar-refractivity contribution in [3.63, 3.8) is 0 Å². The maximum atomic E-state index is 5.30. The molecular weight excluding hydrogens is 615 g/mol. The Balaban J connectivity index is 1.02. The normalized spacial score (nSPS) is 14.2. The van der Waals surface area contributed by atoms with Crippen LogP contribution in [0.3, 0.4) is 0 Å². The lowest BCUT2D eigenvalue weighted by Crippen LogP contribution is -2.18. The third-order valence-corrected chi connectivity index (χ3v) is 11.1. The lowest BCUT2D eigenvalue weighted by atomic mass is 9.75. The Labute approximate surface area is 296 Å². The van der Waals surface area contributed by atoms with Crippen molar-refractivity contribution in [2.24, 2.45) is 4.99 Å². The van der Waals surface area contributed by atoms with Gasteiger partial charge in [-0.1, -0.05) is 170 Å². The molecule has 0 radical (unpaired) electrons. The van der Waals surface area contributed by atoms with Gasteiger partial charge >= 0.3 is 0 Å². The monoisotopic (exact) mass is 645 g/mol. The summed E-state index contributed by atoms with van der Waals surface area (Å²) in [5.74, 6) is 0.168. The van der Waals surface area contributed by atoms with Gasteiger partial charge in [0.25, 0.3) is 0 Å². The number of hydrogen-bond donors (Lipinski definition) is 0. The number of nitrogens with zero attached hydrogens (tertiary/aromatic N) is 1. The quantitative estimate of drug-likeness (QED) is 0.170. The summed E-state index contributed by atoms with van der Waals surface area (Å²) in [6, 6.07) is 66.8. The van der Waals surface area contributed by atoms with Crippen LogP contribution in [0.25, 0.3) is 76.8 Å². The first-order valence-electron chi connectivity index (χ1n) is 17.7. The molecule has 9 aromatic rings. The van der Waals surface area contributed by atoms with Gasteiger partial charge in [0, 0.05) is 5.56 Å². The lowest BCUT2D eigenvalue weighted by Gasteiger charge is -2.26. The molecular formula is C50H31N. The molecule has 0 aromatic heterocycles. The van der Waals surface area contributed by atoms with Gasteiger partial charge in [-0.05, 0) is 100 Å². The van der Waals surface area contributed by atoms with Crippen LogP contribution in [0.1, 0.15) is 22.6 Å². The van der Waals surface area contributed by atoms with Crippen LogP contribution >= 0.6 is 0 Å². The summed E-state index contributed by atoms with van der Waals surface area (Å²) in [5.41, 5.74) is 16.1. The molecule has 51 heavy (non-hydrogen) atoms. The van der Waals surface area contributed by atoms with Gasteiger partial charge in [-0.15, -0.1) is 0 Å². The highest BCUT2D eigenvalue weighted by atomic mass is 14.8. The SMILES string of the molecule is c1ccc2c(c1)C1=Nc3cc(-c4ccc(-c5c6ccccc6c(-c6ccc7ccccc7c6)c6ccccc56)cc4)ccc3C1c1ccccc1-2. The Morgan fingerprint density at radius 1 is 0.333 bits per heavy atom. The highest BCUT2D eigenvalue weighted by Crippen LogP contribution is 2.50. The fourth-order valence-electron chi connectivity index (χ4n) is 8.80. The molecule has 9 aromatic carbocycles. The van der Waals surface area contributed by atoms with Gasteiger partial charge in [0.1, 0.15) is 0 Å². The van der Waals surface area contributed by atoms with Crippen LogP contribution in [0.15, 0.2) is 187 Å². The molecule has 0 N–H and O–H groups in total. The summed E-state index contributed by atoms with van der Waals surface area (Å²) in [4.78, 5) is 5.30. The average molecular weight is 646 g/mol. The van der Waals surface area contributed by atoms with E-state index in [0.717, 1.165) is 11.4 Å². The summed E-state index contributed by atoms with van der Waals surface area (Å²) in [7, 11) is 0. The van der Waals surface area contributed by atoms with Gasteiger partial charge in [0.2, 0.25) is 0 Å². The average Bonchev–Trinajstić information content (AvgIpc) is 3.59. The zero-order chi connectivity index (χ0) is 33.5. The zero-order valence-electron chi connectivity index (χ0n) is 27.8. The molecule has 1 heterocycles. The van der Waals surface area contributed by atoms with Gasteiger partial charge in [-0.2, -0.15) is 0 Å². The van der Waals surface area contributed by atoms with Crippen LogP contribution in [0.5, 0.6) is 0 Å². The van der Waals surface area contributed by atoms with Gasteiger partial charge in [0.05, 0.1) is 17.3 Å². The Hall–Kier alpha value is -6.57. The molecule has 11 rings (SSSR count). The van der Waals surface area contributed by atoms with Crippen molar-refractivity contribution in [3.8, 4) is 44.5 Å². The summed E-state index contributed by atoms with van der Waals surface area (Å²) in [5, 5.41) is 7.60. The van der Waals surface area contributed by atoms with E-state index < -0.39 is 0 Å². The number of benzene rings is 9. The smallest absolute Gasteiger partial charge is 0.0682 e. The molecule has 1 aliphatic heterocycles. The van der Waals surface area contributed by atoms with Crippen LogP contribution in [0.4, 0.5) is 5.69 Å². The Bertz CT molecular complexity index is 2850. The predicted molar refractivity (Wildman–Crippen MR) is 215 cm³/mol. The molecule has 236 valence electrons. The highest BCUT2D eigenvalue weighted by Gasteiger charge is 2.36. The topological polar surface area (TPSA) is 12.4 Å². The van der Waals surface area contributed by atoms with Crippen LogP contribution in [0.2, 0.25) is 0 Å². The Kier molecular flexibility index (Phi) is 6.08. The minimum absolute atomic E-state index is 0.168. The fourth-order valence-corrected chi connectivity index (χ4v) is 8.80. The van der Waals surface area contributed by atoms with Crippen LogP contribution in [0, 0.1) is 0 Å². The van der Waals surface area contributed by atoms with Gasteiger partial charge in [-0.25, -0.2) is 0 Å². The molecule has 1 unspecified atom stereocenters. The van der Waals surface area contributed by atoms with Gasteiger partial charge in [0.15, 0.2) is 0 Å². The third-order valence-electron chi connectivity index (χ3n) is 11.1.